The molecule has 0 spiro atoms. The molecule has 144 valence electrons. The predicted octanol–water partition coefficient (Wildman–Crippen LogP) is 2.85. The monoisotopic (exact) mass is 389 g/mol. The van der Waals surface area contributed by atoms with E-state index in [9.17, 15) is 14.7 Å². The molecule has 9 heteroatoms. The number of anilines is 1. The largest absolute Gasteiger partial charge is 0.508 e. The minimum absolute atomic E-state index is 0.0248. The van der Waals surface area contributed by atoms with Crippen LogP contribution in [-0.4, -0.2) is 33.3 Å². The lowest BCUT2D eigenvalue weighted by atomic mass is 10.1. The van der Waals surface area contributed by atoms with Crippen LogP contribution in [0.2, 0.25) is 0 Å². The first-order valence-electron chi connectivity index (χ1n) is 8.80. The van der Waals surface area contributed by atoms with E-state index < -0.39 is 0 Å². The Hall–Kier alpha value is -2.81. The Morgan fingerprint density at radius 3 is 2.67 bits per heavy atom. The van der Waals surface area contributed by atoms with E-state index >= 15 is 0 Å². The van der Waals surface area contributed by atoms with E-state index in [1.54, 1.807) is 12.1 Å². The predicted molar refractivity (Wildman–Crippen MR) is 105 cm³/mol. The summed E-state index contributed by atoms with van der Waals surface area (Å²) < 4.78 is 0. The number of rotatable bonds is 10. The van der Waals surface area contributed by atoms with Gasteiger partial charge in [0.15, 0.2) is 0 Å². The number of hydrogen-bond acceptors (Lipinski definition) is 7. The van der Waals surface area contributed by atoms with Crippen LogP contribution in [-0.2, 0) is 16.0 Å². The number of carbonyl (C=O) groups is 2. The van der Waals surface area contributed by atoms with Crippen molar-refractivity contribution in [2.45, 2.75) is 45.4 Å². The molecule has 0 aliphatic rings. The SMILES string of the molecule is CCCCCCC(=O)Nc1nnc(CC(=O)N/N=C\c2ccc(O)cc2)s1. The highest BCUT2D eigenvalue weighted by Gasteiger charge is 2.11. The molecule has 0 atom stereocenters. The molecule has 0 fully saturated rings. The van der Waals surface area contributed by atoms with Gasteiger partial charge in [0.1, 0.15) is 10.8 Å². The first-order chi connectivity index (χ1) is 13.1. The third-order valence-corrected chi connectivity index (χ3v) is 4.42. The summed E-state index contributed by atoms with van der Waals surface area (Å²) in [5.41, 5.74) is 3.15. The summed E-state index contributed by atoms with van der Waals surface area (Å²) in [7, 11) is 0. The van der Waals surface area contributed by atoms with E-state index in [0.29, 0.717) is 16.6 Å². The van der Waals surface area contributed by atoms with Crippen molar-refractivity contribution in [2.24, 2.45) is 5.10 Å². The van der Waals surface area contributed by atoms with Gasteiger partial charge >= 0.3 is 0 Å². The number of benzene rings is 1. The zero-order chi connectivity index (χ0) is 19.5. The Balaban J connectivity index is 1.73. The maximum atomic E-state index is 11.9. The minimum Gasteiger partial charge on any atom is -0.508 e. The van der Waals surface area contributed by atoms with Gasteiger partial charge in [-0.3, -0.25) is 9.59 Å². The number of carbonyl (C=O) groups excluding carboxylic acids is 2. The van der Waals surface area contributed by atoms with E-state index in [2.05, 4.69) is 33.0 Å². The molecule has 1 aromatic carbocycles. The standard InChI is InChI=1S/C18H23N5O3S/c1-2-3-4-5-6-15(25)20-18-23-22-17(27-18)11-16(26)21-19-12-13-7-9-14(24)10-8-13/h7-10,12,24H,2-6,11H2,1H3,(H,21,26)(H,20,23,25)/b19-12-. The molecule has 0 saturated carbocycles. The Bertz CT molecular complexity index is 774. The van der Waals surface area contributed by atoms with Crippen molar-refractivity contribution in [1.82, 2.24) is 15.6 Å². The highest BCUT2D eigenvalue weighted by Crippen LogP contribution is 2.16. The normalized spacial score (nSPS) is 10.9. The lowest BCUT2D eigenvalue weighted by Gasteiger charge is -2.00. The Morgan fingerprint density at radius 1 is 1.15 bits per heavy atom. The number of nitrogens with one attached hydrogen (secondary N) is 2. The Labute approximate surface area is 161 Å². The summed E-state index contributed by atoms with van der Waals surface area (Å²) in [6.45, 7) is 2.12. The molecule has 0 aliphatic carbocycles. The topological polar surface area (TPSA) is 117 Å². The number of unbranched alkanes of at least 4 members (excludes halogenated alkanes) is 3. The van der Waals surface area contributed by atoms with Crippen LogP contribution in [0.25, 0.3) is 0 Å². The second kappa shape index (κ2) is 11.0. The molecule has 2 amide bonds. The summed E-state index contributed by atoms with van der Waals surface area (Å²) in [4.78, 5) is 23.7. The lowest BCUT2D eigenvalue weighted by molar-refractivity contribution is -0.120. The van der Waals surface area contributed by atoms with Gasteiger partial charge in [-0.05, 0) is 36.2 Å². The smallest absolute Gasteiger partial charge is 0.247 e. The van der Waals surface area contributed by atoms with Crippen LogP contribution in [0.3, 0.4) is 0 Å². The zero-order valence-electron chi connectivity index (χ0n) is 15.1. The summed E-state index contributed by atoms with van der Waals surface area (Å²) in [6, 6.07) is 6.41. The van der Waals surface area contributed by atoms with Crippen LogP contribution < -0.4 is 10.7 Å². The molecule has 2 rings (SSSR count). The number of aromatic hydroxyl groups is 1. The Morgan fingerprint density at radius 2 is 1.93 bits per heavy atom. The van der Waals surface area contributed by atoms with Crippen LogP contribution in [0.5, 0.6) is 5.75 Å². The molecule has 2 aromatic rings. The maximum Gasteiger partial charge on any atom is 0.247 e. The van der Waals surface area contributed by atoms with Crippen LogP contribution in [0, 0.1) is 0 Å². The zero-order valence-corrected chi connectivity index (χ0v) is 16.0. The van der Waals surface area contributed by atoms with Crippen molar-refractivity contribution in [3.05, 3.63) is 34.8 Å². The highest BCUT2D eigenvalue weighted by atomic mass is 32.1. The van der Waals surface area contributed by atoms with Gasteiger partial charge in [-0.2, -0.15) is 5.10 Å². The quantitative estimate of drug-likeness (QED) is 0.328. The number of hydrazone groups is 1. The van der Waals surface area contributed by atoms with Crippen molar-refractivity contribution >= 4 is 34.5 Å². The molecule has 0 radical (unpaired) electrons. The molecular formula is C18H23N5O3S. The number of phenolic OH excluding ortho intramolecular Hbond substituents is 1. The molecule has 8 nitrogen and oxygen atoms in total. The highest BCUT2D eigenvalue weighted by molar-refractivity contribution is 7.15. The number of hydrogen-bond donors (Lipinski definition) is 3. The second-order valence-electron chi connectivity index (χ2n) is 5.92. The molecule has 3 N–H and O–H groups in total. The molecule has 0 saturated heterocycles. The first-order valence-corrected chi connectivity index (χ1v) is 9.61. The van der Waals surface area contributed by atoms with Gasteiger partial charge in [0.2, 0.25) is 16.9 Å². The molecule has 1 aromatic heterocycles. The molecule has 0 unspecified atom stereocenters. The third-order valence-electron chi connectivity index (χ3n) is 3.58. The summed E-state index contributed by atoms with van der Waals surface area (Å²) in [5.74, 6) is -0.258. The van der Waals surface area contributed by atoms with E-state index in [4.69, 9.17) is 0 Å². The average molecular weight is 389 g/mol. The van der Waals surface area contributed by atoms with Crippen molar-refractivity contribution in [3.63, 3.8) is 0 Å². The number of amides is 2. The van der Waals surface area contributed by atoms with Crippen molar-refractivity contribution in [3.8, 4) is 5.75 Å². The van der Waals surface area contributed by atoms with E-state index in [0.717, 1.165) is 31.2 Å². The van der Waals surface area contributed by atoms with E-state index in [1.165, 1.54) is 29.7 Å². The maximum absolute atomic E-state index is 11.9. The average Bonchev–Trinajstić information content (AvgIpc) is 3.07. The van der Waals surface area contributed by atoms with E-state index in [-0.39, 0.29) is 24.0 Å². The number of aromatic nitrogens is 2. The van der Waals surface area contributed by atoms with Gasteiger partial charge in [-0.15, -0.1) is 10.2 Å². The minimum atomic E-state index is -0.335. The van der Waals surface area contributed by atoms with Crippen LogP contribution in [0.15, 0.2) is 29.4 Å². The van der Waals surface area contributed by atoms with Crippen molar-refractivity contribution in [2.75, 3.05) is 5.32 Å². The van der Waals surface area contributed by atoms with Gasteiger partial charge in [0.25, 0.3) is 0 Å². The third kappa shape index (κ3) is 7.95. The molecule has 1 heterocycles. The van der Waals surface area contributed by atoms with Gasteiger partial charge in [-0.1, -0.05) is 37.5 Å². The number of phenols is 1. The lowest BCUT2D eigenvalue weighted by Crippen LogP contribution is -2.19. The summed E-state index contributed by atoms with van der Waals surface area (Å²) >= 11 is 1.17. The molecular weight excluding hydrogens is 366 g/mol. The van der Waals surface area contributed by atoms with Crippen LogP contribution in [0.1, 0.15) is 49.6 Å². The van der Waals surface area contributed by atoms with Crippen LogP contribution >= 0.6 is 11.3 Å². The Kier molecular flexibility index (Phi) is 8.37. The fourth-order valence-corrected chi connectivity index (χ4v) is 2.94. The van der Waals surface area contributed by atoms with Gasteiger partial charge in [0, 0.05) is 6.42 Å². The van der Waals surface area contributed by atoms with Gasteiger partial charge in [0.05, 0.1) is 12.6 Å². The molecule has 0 bridgehead atoms. The van der Waals surface area contributed by atoms with E-state index in [1.807, 2.05) is 0 Å². The fourth-order valence-electron chi connectivity index (χ4n) is 2.19. The summed E-state index contributed by atoms with van der Waals surface area (Å²) in [5, 5.41) is 24.4. The molecule has 0 aliphatic heterocycles. The number of nitrogens with zero attached hydrogens (tertiary/aromatic N) is 3. The van der Waals surface area contributed by atoms with Gasteiger partial charge < -0.3 is 10.4 Å². The summed E-state index contributed by atoms with van der Waals surface area (Å²) in [6.07, 6.45) is 6.10. The van der Waals surface area contributed by atoms with Crippen LogP contribution in [0.4, 0.5) is 5.13 Å². The fraction of sp³-hybridized carbons (Fsp3) is 0.389. The second-order valence-corrected chi connectivity index (χ2v) is 6.98. The van der Waals surface area contributed by atoms with Crippen molar-refractivity contribution < 1.29 is 14.7 Å². The van der Waals surface area contributed by atoms with Gasteiger partial charge in [-0.25, -0.2) is 5.43 Å². The van der Waals surface area contributed by atoms with Crippen molar-refractivity contribution in [1.29, 1.82) is 0 Å². The first kappa shape index (κ1) is 20.5. The molecule has 27 heavy (non-hydrogen) atoms.